The third-order valence-corrected chi connectivity index (χ3v) is 4.10. The number of benzene rings is 1. The molecule has 1 aromatic carbocycles. The van der Waals surface area contributed by atoms with Gasteiger partial charge in [-0.25, -0.2) is 4.98 Å². The number of methoxy groups -OCH3 is 1. The molecule has 0 spiro atoms. The van der Waals surface area contributed by atoms with E-state index in [-0.39, 0.29) is 5.91 Å². The Balaban J connectivity index is 1.82. The first kappa shape index (κ1) is 15.5. The van der Waals surface area contributed by atoms with Crippen molar-refractivity contribution >= 4 is 34.0 Å². The molecule has 0 saturated heterocycles. The first-order chi connectivity index (χ1) is 11.2. The van der Waals surface area contributed by atoms with E-state index in [1.807, 2.05) is 17.5 Å². The smallest absolute Gasteiger partial charge is 0.261 e. The zero-order chi connectivity index (χ0) is 16.2. The number of anilines is 1. The lowest BCUT2D eigenvalue weighted by molar-refractivity contribution is 0.102. The van der Waals surface area contributed by atoms with Gasteiger partial charge in [-0.3, -0.25) is 15.1 Å². The third kappa shape index (κ3) is 3.49. The van der Waals surface area contributed by atoms with Gasteiger partial charge in [0.1, 0.15) is 5.75 Å². The number of pyridine rings is 1. The molecule has 0 aliphatic rings. The SMILES string of the molecule is COc1ccc(Cl)cc1C(=O)Nc1nc(-c2ccncc2)cs1. The number of hydrogen-bond acceptors (Lipinski definition) is 5. The van der Waals surface area contributed by atoms with Gasteiger partial charge in [-0.2, -0.15) is 0 Å². The molecule has 116 valence electrons. The van der Waals surface area contributed by atoms with Crippen molar-refractivity contribution in [1.82, 2.24) is 9.97 Å². The summed E-state index contributed by atoms with van der Waals surface area (Å²) in [4.78, 5) is 20.8. The molecular formula is C16H12ClN3O2S. The summed E-state index contributed by atoms with van der Waals surface area (Å²) in [5, 5.41) is 5.61. The van der Waals surface area contributed by atoms with Crippen LogP contribution < -0.4 is 10.1 Å². The maximum absolute atomic E-state index is 12.4. The molecule has 0 atom stereocenters. The van der Waals surface area contributed by atoms with Crippen molar-refractivity contribution in [2.24, 2.45) is 0 Å². The summed E-state index contributed by atoms with van der Waals surface area (Å²) in [6, 6.07) is 8.61. The molecule has 2 heterocycles. The van der Waals surface area contributed by atoms with Gasteiger partial charge >= 0.3 is 0 Å². The number of carbonyl (C=O) groups is 1. The van der Waals surface area contributed by atoms with E-state index in [1.54, 1.807) is 30.6 Å². The molecule has 0 fully saturated rings. The van der Waals surface area contributed by atoms with E-state index in [0.29, 0.717) is 21.5 Å². The van der Waals surface area contributed by atoms with Crippen LogP contribution in [0.25, 0.3) is 11.3 Å². The van der Waals surface area contributed by atoms with Gasteiger partial charge in [-0.15, -0.1) is 11.3 Å². The van der Waals surface area contributed by atoms with E-state index < -0.39 is 0 Å². The lowest BCUT2D eigenvalue weighted by Gasteiger charge is -2.08. The molecule has 2 aromatic heterocycles. The van der Waals surface area contributed by atoms with Gasteiger partial charge in [0.25, 0.3) is 5.91 Å². The van der Waals surface area contributed by atoms with Crippen molar-refractivity contribution < 1.29 is 9.53 Å². The van der Waals surface area contributed by atoms with Crippen LogP contribution in [0.1, 0.15) is 10.4 Å². The van der Waals surface area contributed by atoms with Crippen LogP contribution in [0.2, 0.25) is 5.02 Å². The minimum Gasteiger partial charge on any atom is -0.496 e. The highest BCUT2D eigenvalue weighted by molar-refractivity contribution is 7.14. The fourth-order valence-electron chi connectivity index (χ4n) is 2.01. The summed E-state index contributed by atoms with van der Waals surface area (Å²) in [5.41, 5.74) is 2.09. The molecule has 0 unspecified atom stereocenters. The minimum absolute atomic E-state index is 0.319. The Labute approximate surface area is 141 Å². The molecule has 0 aliphatic carbocycles. The van der Waals surface area contributed by atoms with E-state index in [9.17, 15) is 4.79 Å². The molecular weight excluding hydrogens is 334 g/mol. The summed E-state index contributed by atoms with van der Waals surface area (Å²) in [6.07, 6.45) is 3.40. The first-order valence-electron chi connectivity index (χ1n) is 6.68. The van der Waals surface area contributed by atoms with Crippen molar-refractivity contribution in [3.8, 4) is 17.0 Å². The van der Waals surface area contributed by atoms with Gasteiger partial charge in [0.05, 0.1) is 18.4 Å². The van der Waals surface area contributed by atoms with Crippen molar-refractivity contribution in [3.63, 3.8) is 0 Å². The van der Waals surface area contributed by atoms with Crippen LogP contribution in [0.15, 0.2) is 48.1 Å². The Morgan fingerprint density at radius 3 is 2.78 bits per heavy atom. The number of hydrogen-bond donors (Lipinski definition) is 1. The molecule has 7 heteroatoms. The number of aromatic nitrogens is 2. The zero-order valence-corrected chi connectivity index (χ0v) is 13.7. The summed E-state index contributed by atoms with van der Waals surface area (Å²) in [7, 11) is 1.50. The summed E-state index contributed by atoms with van der Waals surface area (Å²) in [5.74, 6) is 0.137. The molecule has 23 heavy (non-hydrogen) atoms. The largest absolute Gasteiger partial charge is 0.496 e. The van der Waals surface area contributed by atoms with E-state index in [0.717, 1.165) is 11.3 Å². The van der Waals surface area contributed by atoms with Gasteiger partial charge < -0.3 is 4.74 Å². The van der Waals surface area contributed by atoms with Crippen molar-refractivity contribution in [3.05, 3.63) is 58.7 Å². The third-order valence-electron chi connectivity index (χ3n) is 3.11. The lowest BCUT2D eigenvalue weighted by atomic mass is 10.2. The van der Waals surface area contributed by atoms with Crippen LogP contribution in [0.5, 0.6) is 5.75 Å². The van der Waals surface area contributed by atoms with Gasteiger partial charge in [-0.1, -0.05) is 11.6 Å². The average molecular weight is 346 g/mol. The van der Waals surface area contributed by atoms with E-state index in [2.05, 4.69) is 15.3 Å². The maximum Gasteiger partial charge on any atom is 0.261 e. The second-order valence-electron chi connectivity index (χ2n) is 4.57. The second-order valence-corrected chi connectivity index (χ2v) is 5.87. The fraction of sp³-hybridized carbons (Fsp3) is 0.0625. The maximum atomic E-state index is 12.4. The molecule has 0 bridgehead atoms. The number of carbonyl (C=O) groups excluding carboxylic acids is 1. The standard InChI is InChI=1S/C16H12ClN3O2S/c1-22-14-3-2-11(17)8-12(14)15(21)20-16-19-13(9-23-16)10-4-6-18-7-5-10/h2-9H,1H3,(H,19,20,21). The average Bonchev–Trinajstić information content (AvgIpc) is 3.04. The highest BCUT2D eigenvalue weighted by Crippen LogP contribution is 2.27. The molecule has 5 nitrogen and oxygen atoms in total. The Morgan fingerprint density at radius 1 is 1.26 bits per heavy atom. The van der Waals surface area contributed by atoms with Crippen molar-refractivity contribution in [2.75, 3.05) is 12.4 Å². The molecule has 1 amide bonds. The Bertz CT molecular complexity index is 836. The minimum atomic E-state index is -0.319. The van der Waals surface area contributed by atoms with E-state index >= 15 is 0 Å². The van der Waals surface area contributed by atoms with Gasteiger partial charge in [0.15, 0.2) is 5.13 Å². The number of ether oxygens (including phenoxy) is 1. The summed E-state index contributed by atoms with van der Waals surface area (Å²) >= 11 is 7.30. The quantitative estimate of drug-likeness (QED) is 0.772. The van der Waals surface area contributed by atoms with Crippen LogP contribution in [-0.4, -0.2) is 23.0 Å². The normalized spacial score (nSPS) is 10.3. The van der Waals surface area contributed by atoms with Crippen molar-refractivity contribution in [1.29, 1.82) is 0 Å². The number of thiazole rings is 1. The number of amides is 1. The first-order valence-corrected chi connectivity index (χ1v) is 7.94. The second kappa shape index (κ2) is 6.76. The highest BCUT2D eigenvalue weighted by Gasteiger charge is 2.15. The number of nitrogens with one attached hydrogen (secondary N) is 1. The van der Waals surface area contributed by atoms with Gasteiger partial charge in [0, 0.05) is 28.4 Å². The Morgan fingerprint density at radius 2 is 2.04 bits per heavy atom. The molecule has 0 radical (unpaired) electrons. The van der Waals surface area contributed by atoms with Gasteiger partial charge in [-0.05, 0) is 30.3 Å². The number of nitrogens with zero attached hydrogens (tertiary/aromatic N) is 2. The zero-order valence-electron chi connectivity index (χ0n) is 12.1. The summed E-state index contributed by atoms with van der Waals surface area (Å²) < 4.78 is 5.19. The van der Waals surface area contributed by atoms with Crippen LogP contribution in [-0.2, 0) is 0 Å². The monoisotopic (exact) mass is 345 g/mol. The number of halogens is 1. The predicted molar refractivity (Wildman–Crippen MR) is 91.3 cm³/mol. The summed E-state index contributed by atoms with van der Waals surface area (Å²) in [6.45, 7) is 0. The van der Waals surface area contributed by atoms with Crippen LogP contribution in [0.4, 0.5) is 5.13 Å². The van der Waals surface area contributed by atoms with Crippen LogP contribution >= 0.6 is 22.9 Å². The van der Waals surface area contributed by atoms with Gasteiger partial charge in [0.2, 0.25) is 0 Å². The number of rotatable bonds is 4. The molecule has 1 N–H and O–H groups in total. The predicted octanol–water partition coefficient (Wildman–Crippen LogP) is 4.12. The molecule has 3 rings (SSSR count). The van der Waals surface area contributed by atoms with Crippen LogP contribution in [0.3, 0.4) is 0 Å². The Kier molecular flexibility index (Phi) is 4.55. The highest BCUT2D eigenvalue weighted by atomic mass is 35.5. The van der Waals surface area contributed by atoms with E-state index in [1.165, 1.54) is 18.4 Å². The topological polar surface area (TPSA) is 64.1 Å². The lowest BCUT2D eigenvalue weighted by Crippen LogP contribution is -2.13. The van der Waals surface area contributed by atoms with Crippen molar-refractivity contribution in [2.45, 2.75) is 0 Å². The molecule has 3 aromatic rings. The fourth-order valence-corrected chi connectivity index (χ4v) is 2.90. The molecule has 0 saturated carbocycles. The van der Waals surface area contributed by atoms with Crippen LogP contribution in [0, 0.1) is 0 Å². The Hall–Kier alpha value is -2.44. The molecule has 0 aliphatic heterocycles. The van der Waals surface area contributed by atoms with E-state index in [4.69, 9.17) is 16.3 Å².